The molecule has 0 aliphatic heterocycles. The van der Waals surface area contributed by atoms with Crippen LogP contribution in [-0.2, 0) is 0 Å². The van der Waals surface area contributed by atoms with Gasteiger partial charge in [-0.25, -0.2) is 9.97 Å². The predicted octanol–water partition coefficient (Wildman–Crippen LogP) is 12.5. The largest absolute Gasteiger partial charge is 0.264 e. The van der Waals surface area contributed by atoms with Gasteiger partial charge in [-0.05, 0) is 86.0 Å². The molecule has 1 aliphatic carbocycles. The van der Waals surface area contributed by atoms with E-state index in [0.717, 1.165) is 51.2 Å². The Labute approximate surface area is 298 Å². The van der Waals surface area contributed by atoms with E-state index in [1.165, 1.54) is 38.2 Å². The van der Waals surface area contributed by atoms with Crippen molar-refractivity contribution in [1.29, 1.82) is 0 Å². The molecule has 3 nitrogen and oxygen atoms in total. The first-order valence-corrected chi connectivity index (χ1v) is 17.6. The van der Waals surface area contributed by atoms with Gasteiger partial charge in [-0.2, -0.15) is 0 Å². The highest BCUT2D eigenvalue weighted by Crippen LogP contribution is 2.43. The molecule has 0 saturated heterocycles. The lowest BCUT2D eigenvalue weighted by Gasteiger charge is -2.20. The van der Waals surface area contributed by atoms with Crippen molar-refractivity contribution in [2.75, 3.05) is 0 Å². The molecule has 1 atom stereocenters. The molecule has 0 radical (unpaired) electrons. The van der Waals surface area contributed by atoms with E-state index in [1.54, 1.807) is 6.20 Å². The van der Waals surface area contributed by atoms with Crippen LogP contribution in [0.2, 0.25) is 0 Å². The second kappa shape index (κ2) is 13.1. The summed E-state index contributed by atoms with van der Waals surface area (Å²) in [4.78, 5) is 14.8. The van der Waals surface area contributed by atoms with Crippen molar-refractivity contribution in [2.45, 2.75) is 13.3 Å². The molecule has 242 valence electrons. The molecule has 51 heavy (non-hydrogen) atoms. The molecule has 0 spiro atoms. The molecular weight excluding hydrogens is 619 g/mol. The maximum Gasteiger partial charge on any atom is 0.160 e. The average molecular weight is 654 g/mol. The third-order valence-corrected chi connectivity index (χ3v) is 9.85. The Morgan fingerprint density at radius 2 is 1.06 bits per heavy atom. The molecule has 6 aromatic carbocycles. The van der Waals surface area contributed by atoms with E-state index in [4.69, 9.17) is 9.97 Å². The fourth-order valence-electron chi connectivity index (χ4n) is 7.44. The Bertz CT molecular complexity index is 2560. The van der Waals surface area contributed by atoms with E-state index in [9.17, 15) is 0 Å². The van der Waals surface area contributed by atoms with Gasteiger partial charge in [0.25, 0.3) is 0 Å². The highest BCUT2D eigenvalue weighted by Gasteiger charge is 2.19. The van der Waals surface area contributed by atoms with Gasteiger partial charge in [0, 0.05) is 34.6 Å². The van der Waals surface area contributed by atoms with Crippen molar-refractivity contribution in [3.05, 3.63) is 182 Å². The van der Waals surface area contributed by atoms with Gasteiger partial charge in [-0.3, -0.25) is 4.98 Å². The van der Waals surface area contributed by atoms with Gasteiger partial charge >= 0.3 is 0 Å². The summed E-state index contributed by atoms with van der Waals surface area (Å²) in [6.07, 6.45) is 11.8. The lowest BCUT2D eigenvalue weighted by Crippen LogP contribution is -1.98. The van der Waals surface area contributed by atoms with Crippen LogP contribution in [0.25, 0.3) is 83.3 Å². The van der Waals surface area contributed by atoms with E-state index in [1.807, 2.05) is 18.3 Å². The number of benzene rings is 6. The van der Waals surface area contributed by atoms with Gasteiger partial charge in [0.15, 0.2) is 5.82 Å². The number of allylic oxidation sites excluding steroid dienone is 4. The molecule has 0 amide bonds. The normalized spacial score (nSPS) is 14.1. The Morgan fingerprint density at radius 1 is 0.490 bits per heavy atom. The number of aromatic nitrogens is 3. The Hall–Kier alpha value is -6.45. The smallest absolute Gasteiger partial charge is 0.160 e. The van der Waals surface area contributed by atoms with Crippen LogP contribution in [0.5, 0.6) is 0 Å². The SMILES string of the molecule is CC1C=C(c2c3ccccc3c(-c3cccc(-c4nc(-c5ccccc5)cc(-c5cccc(-c6cccnc6)c5)n4)c3)c3ccccc23)C=CC1. The van der Waals surface area contributed by atoms with Gasteiger partial charge in [0.05, 0.1) is 11.4 Å². The molecule has 3 heteroatoms. The maximum atomic E-state index is 5.23. The lowest BCUT2D eigenvalue weighted by atomic mass is 9.83. The number of pyridine rings is 1. The monoisotopic (exact) mass is 653 g/mol. The maximum absolute atomic E-state index is 5.23. The number of nitrogens with zero attached hydrogens (tertiary/aromatic N) is 3. The zero-order chi connectivity index (χ0) is 34.1. The standard InChI is InChI=1S/C48H35N3/c1-32-13-9-18-36(27-32)46-40-22-5-7-24-42(40)47(43-25-8-6-23-41(43)46)37-19-11-20-38(29-37)48-50-44(33-14-3-2-4-15-33)30-45(51-48)35-17-10-16-34(28-35)39-21-12-26-49-31-39/h2-12,14-32H,13H2,1H3. The molecule has 1 aliphatic rings. The van der Waals surface area contributed by atoms with E-state index in [2.05, 4.69) is 164 Å². The first-order valence-electron chi connectivity index (χ1n) is 17.6. The van der Waals surface area contributed by atoms with Crippen LogP contribution in [0.1, 0.15) is 18.9 Å². The number of hydrogen-bond acceptors (Lipinski definition) is 3. The van der Waals surface area contributed by atoms with E-state index in [0.29, 0.717) is 11.7 Å². The molecule has 0 N–H and O–H groups in total. The van der Waals surface area contributed by atoms with Crippen LogP contribution in [0.4, 0.5) is 0 Å². The van der Waals surface area contributed by atoms with Crippen molar-refractivity contribution < 1.29 is 0 Å². The predicted molar refractivity (Wildman–Crippen MR) is 213 cm³/mol. The van der Waals surface area contributed by atoms with Crippen molar-refractivity contribution >= 4 is 27.1 Å². The van der Waals surface area contributed by atoms with Gasteiger partial charge in [0.1, 0.15) is 0 Å². The van der Waals surface area contributed by atoms with Gasteiger partial charge in [0.2, 0.25) is 0 Å². The van der Waals surface area contributed by atoms with Crippen LogP contribution in [0.15, 0.2) is 176 Å². The summed E-state index contributed by atoms with van der Waals surface area (Å²) in [7, 11) is 0. The molecule has 1 unspecified atom stereocenters. The molecule has 2 aromatic heterocycles. The minimum atomic E-state index is 0.508. The Kier molecular flexibility index (Phi) is 7.87. The summed E-state index contributed by atoms with van der Waals surface area (Å²) in [6, 6.07) is 51.5. The van der Waals surface area contributed by atoms with Crippen LogP contribution >= 0.6 is 0 Å². The van der Waals surface area contributed by atoms with Crippen LogP contribution in [0, 0.1) is 5.92 Å². The summed E-state index contributed by atoms with van der Waals surface area (Å²) in [5, 5.41) is 5.00. The first kappa shape index (κ1) is 30.6. The summed E-state index contributed by atoms with van der Waals surface area (Å²) in [5.74, 6) is 1.20. The summed E-state index contributed by atoms with van der Waals surface area (Å²) < 4.78 is 0. The quantitative estimate of drug-likeness (QED) is 0.168. The Morgan fingerprint density at radius 3 is 1.75 bits per heavy atom. The lowest BCUT2D eigenvalue weighted by molar-refractivity contribution is 0.740. The first-order chi connectivity index (χ1) is 25.2. The second-order valence-corrected chi connectivity index (χ2v) is 13.3. The fourth-order valence-corrected chi connectivity index (χ4v) is 7.44. The van der Waals surface area contributed by atoms with Crippen LogP contribution < -0.4 is 0 Å². The number of fused-ring (bicyclic) bond motifs is 2. The zero-order valence-corrected chi connectivity index (χ0v) is 28.4. The van der Waals surface area contributed by atoms with Crippen molar-refractivity contribution in [2.24, 2.45) is 5.92 Å². The highest BCUT2D eigenvalue weighted by molar-refractivity contribution is 6.19. The van der Waals surface area contributed by atoms with Crippen molar-refractivity contribution in [3.63, 3.8) is 0 Å². The average Bonchev–Trinajstić information content (AvgIpc) is 3.20. The summed E-state index contributed by atoms with van der Waals surface area (Å²) >= 11 is 0. The topological polar surface area (TPSA) is 38.7 Å². The van der Waals surface area contributed by atoms with E-state index < -0.39 is 0 Å². The van der Waals surface area contributed by atoms with E-state index >= 15 is 0 Å². The molecule has 0 fully saturated rings. The van der Waals surface area contributed by atoms with E-state index in [-0.39, 0.29) is 0 Å². The number of rotatable bonds is 6. The summed E-state index contributed by atoms with van der Waals surface area (Å²) in [5.41, 5.74) is 11.9. The Balaban J connectivity index is 1.23. The third kappa shape index (κ3) is 5.83. The van der Waals surface area contributed by atoms with Crippen molar-refractivity contribution in [3.8, 4) is 56.2 Å². The third-order valence-electron chi connectivity index (χ3n) is 9.85. The minimum Gasteiger partial charge on any atom is -0.264 e. The molecule has 0 saturated carbocycles. The van der Waals surface area contributed by atoms with Gasteiger partial charge in [-0.15, -0.1) is 0 Å². The highest BCUT2D eigenvalue weighted by atomic mass is 14.9. The zero-order valence-electron chi connectivity index (χ0n) is 28.4. The molecule has 9 rings (SSSR count). The molecule has 2 heterocycles. The van der Waals surface area contributed by atoms with Gasteiger partial charge < -0.3 is 0 Å². The van der Waals surface area contributed by atoms with Gasteiger partial charge in [-0.1, -0.05) is 146 Å². The molecular formula is C48H35N3. The second-order valence-electron chi connectivity index (χ2n) is 13.3. The molecule has 8 aromatic rings. The minimum absolute atomic E-state index is 0.508. The summed E-state index contributed by atoms with van der Waals surface area (Å²) in [6.45, 7) is 2.30. The number of hydrogen-bond donors (Lipinski definition) is 0. The van der Waals surface area contributed by atoms with Crippen molar-refractivity contribution in [1.82, 2.24) is 15.0 Å². The fraction of sp³-hybridized carbons (Fsp3) is 0.0625. The van der Waals surface area contributed by atoms with Crippen LogP contribution in [-0.4, -0.2) is 15.0 Å². The molecule has 0 bridgehead atoms. The van der Waals surface area contributed by atoms with Crippen LogP contribution in [0.3, 0.4) is 0 Å².